The molecule has 0 spiro atoms. The Morgan fingerprint density at radius 1 is 1.30 bits per heavy atom. The van der Waals surface area contributed by atoms with Gasteiger partial charge in [0.05, 0.1) is 9.77 Å². The predicted molar refractivity (Wildman–Crippen MR) is 80.9 cm³/mol. The van der Waals surface area contributed by atoms with Gasteiger partial charge in [0.1, 0.15) is 0 Å². The fraction of sp³-hybridized carbons (Fsp3) is 0.615. The molecule has 1 aromatic rings. The molecule has 0 aromatic carbocycles. The van der Waals surface area contributed by atoms with Crippen LogP contribution in [0, 0.1) is 17.8 Å². The minimum Gasteiger partial charge on any atom is -0.347 e. The highest BCUT2D eigenvalue weighted by molar-refractivity contribution is 8.13. The van der Waals surface area contributed by atoms with Gasteiger partial charge < -0.3 is 5.32 Å². The van der Waals surface area contributed by atoms with Gasteiger partial charge in [-0.2, -0.15) is 0 Å². The molecule has 0 radical (unpaired) electrons. The molecule has 0 bridgehead atoms. The van der Waals surface area contributed by atoms with Crippen LogP contribution in [0.2, 0.25) is 0 Å². The normalized spacial score (nSPS) is 20.7. The van der Waals surface area contributed by atoms with E-state index in [1.807, 2.05) is 0 Å². The van der Waals surface area contributed by atoms with Crippen molar-refractivity contribution in [1.82, 2.24) is 5.32 Å². The van der Waals surface area contributed by atoms with Gasteiger partial charge in [-0.25, -0.2) is 8.42 Å². The first-order chi connectivity index (χ1) is 8.89. The van der Waals surface area contributed by atoms with Crippen molar-refractivity contribution in [1.29, 1.82) is 0 Å². The lowest BCUT2D eigenvalue weighted by atomic mass is 10.0. The summed E-state index contributed by atoms with van der Waals surface area (Å²) in [6.07, 6.45) is 0. The Hall–Kier alpha value is -0.590. The van der Waals surface area contributed by atoms with Crippen LogP contribution < -0.4 is 5.32 Å². The molecule has 0 aliphatic heterocycles. The van der Waals surface area contributed by atoms with E-state index in [0.717, 1.165) is 11.3 Å². The van der Waals surface area contributed by atoms with Crippen LogP contribution in [0.25, 0.3) is 0 Å². The second-order valence-electron chi connectivity index (χ2n) is 6.32. The molecule has 0 unspecified atom stereocenters. The van der Waals surface area contributed by atoms with Crippen LogP contribution in [0.15, 0.2) is 11.0 Å². The van der Waals surface area contributed by atoms with E-state index in [1.165, 1.54) is 6.07 Å². The molecule has 20 heavy (non-hydrogen) atoms. The zero-order valence-electron chi connectivity index (χ0n) is 12.1. The van der Waals surface area contributed by atoms with Crippen LogP contribution in [0.5, 0.6) is 0 Å². The van der Waals surface area contributed by atoms with Crippen LogP contribution >= 0.6 is 22.0 Å². The van der Waals surface area contributed by atoms with Gasteiger partial charge in [0.15, 0.2) is 0 Å². The maximum atomic E-state index is 12.2. The van der Waals surface area contributed by atoms with Gasteiger partial charge in [-0.1, -0.05) is 27.7 Å². The van der Waals surface area contributed by atoms with Crippen molar-refractivity contribution < 1.29 is 13.2 Å². The number of hydrogen-bond acceptors (Lipinski definition) is 4. The Kier molecular flexibility index (Phi) is 3.51. The van der Waals surface area contributed by atoms with E-state index < -0.39 is 9.05 Å². The molecule has 1 aliphatic carbocycles. The van der Waals surface area contributed by atoms with Crippen molar-refractivity contribution in [3.05, 3.63) is 15.8 Å². The molecule has 112 valence electrons. The minimum atomic E-state index is -3.80. The average molecular weight is 336 g/mol. The lowest BCUT2D eigenvalue weighted by Gasteiger charge is -2.04. The predicted octanol–water partition coefficient (Wildman–Crippen LogP) is 3.15. The molecule has 1 fully saturated rings. The third kappa shape index (κ3) is 2.38. The molecule has 1 amide bonds. The first-order valence-corrected chi connectivity index (χ1v) is 9.37. The van der Waals surface area contributed by atoms with Crippen LogP contribution in [0.1, 0.15) is 42.2 Å². The second kappa shape index (κ2) is 4.45. The molecular weight excluding hydrogens is 318 g/mol. The Bertz CT molecular complexity index is 660. The van der Waals surface area contributed by atoms with Crippen LogP contribution in [-0.2, 0) is 9.05 Å². The molecule has 0 atom stereocenters. The molecule has 2 rings (SSSR count). The molecule has 1 N–H and O–H groups in total. The molecule has 0 saturated heterocycles. The summed E-state index contributed by atoms with van der Waals surface area (Å²) in [6.45, 7) is 10.1. The molecule has 4 nitrogen and oxygen atoms in total. The minimum absolute atomic E-state index is 0.0173. The van der Waals surface area contributed by atoms with E-state index in [0.29, 0.717) is 9.75 Å². The first-order valence-electron chi connectivity index (χ1n) is 6.25. The number of aryl methyl sites for hydroxylation is 1. The summed E-state index contributed by atoms with van der Waals surface area (Å²) >= 11 is 1.14. The maximum Gasteiger partial charge on any atom is 0.262 e. The summed E-state index contributed by atoms with van der Waals surface area (Å²) in [4.78, 5) is 13.1. The number of carbonyl (C=O) groups excluding carboxylic acids is 1. The number of nitrogens with one attached hydrogen (secondary N) is 1. The Morgan fingerprint density at radius 3 is 2.15 bits per heavy atom. The SMILES string of the molecule is Cc1sc(C(=O)NC2C(C)(C)C2(C)C)cc1S(=O)(=O)Cl. The number of carbonyl (C=O) groups is 1. The average Bonchev–Trinajstić information content (AvgIpc) is 2.64. The van der Waals surface area contributed by atoms with Gasteiger partial charge >= 0.3 is 0 Å². The van der Waals surface area contributed by atoms with Crippen LogP contribution in [0.4, 0.5) is 0 Å². The monoisotopic (exact) mass is 335 g/mol. The zero-order valence-corrected chi connectivity index (χ0v) is 14.5. The number of rotatable bonds is 3. The maximum absolute atomic E-state index is 12.2. The second-order valence-corrected chi connectivity index (χ2v) is 10.1. The topological polar surface area (TPSA) is 63.2 Å². The summed E-state index contributed by atoms with van der Waals surface area (Å²) in [5.74, 6) is -0.242. The van der Waals surface area contributed by atoms with Crippen molar-refractivity contribution >= 4 is 37.0 Å². The van der Waals surface area contributed by atoms with Gasteiger partial charge in [-0.05, 0) is 23.8 Å². The van der Waals surface area contributed by atoms with Gasteiger partial charge in [0, 0.05) is 21.6 Å². The quantitative estimate of drug-likeness (QED) is 0.863. The number of amides is 1. The zero-order chi connectivity index (χ0) is 15.5. The van der Waals surface area contributed by atoms with E-state index in [1.54, 1.807) is 6.92 Å². The number of thiophene rings is 1. The third-order valence-electron chi connectivity index (χ3n) is 4.65. The highest BCUT2D eigenvalue weighted by Gasteiger charge is 2.65. The summed E-state index contributed by atoms with van der Waals surface area (Å²) < 4.78 is 22.7. The number of hydrogen-bond donors (Lipinski definition) is 1. The Labute approximate surface area is 127 Å². The van der Waals surface area contributed by atoms with Gasteiger partial charge in [-0.15, -0.1) is 11.3 Å². The van der Waals surface area contributed by atoms with Crippen molar-refractivity contribution in [3.63, 3.8) is 0 Å². The Morgan fingerprint density at radius 2 is 1.80 bits per heavy atom. The van der Waals surface area contributed by atoms with E-state index >= 15 is 0 Å². The smallest absolute Gasteiger partial charge is 0.262 e. The molecule has 1 heterocycles. The van der Waals surface area contributed by atoms with E-state index in [4.69, 9.17) is 10.7 Å². The molecular formula is C13H18ClNO3S2. The fourth-order valence-corrected chi connectivity index (χ4v) is 5.15. The van der Waals surface area contributed by atoms with Crippen molar-refractivity contribution in [2.24, 2.45) is 10.8 Å². The summed E-state index contributed by atoms with van der Waals surface area (Å²) in [5, 5.41) is 2.98. The molecule has 1 saturated carbocycles. The largest absolute Gasteiger partial charge is 0.347 e. The van der Waals surface area contributed by atoms with E-state index in [2.05, 4.69) is 33.0 Å². The molecule has 1 aromatic heterocycles. The lowest BCUT2D eigenvalue weighted by molar-refractivity contribution is 0.0947. The van der Waals surface area contributed by atoms with Crippen molar-refractivity contribution in [2.75, 3.05) is 0 Å². The van der Waals surface area contributed by atoms with Crippen LogP contribution in [-0.4, -0.2) is 20.4 Å². The Balaban J connectivity index is 2.21. The summed E-state index contributed by atoms with van der Waals surface area (Å²) in [6, 6.07) is 1.43. The van der Waals surface area contributed by atoms with E-state index in [-0.39, 0.29) is 27.7 Å². The number of halogens is 1. The first kappa shape index (κ1) is 15.8. The van der Waals surface area contributed by atoms with Crippen molar-refractivity contribution in [2.45, 2.75) is 45.6 Å². The summed E-state index contributed by atoms with van der Waals surface area (Å²) in [7, 11) is 1.54. The van der Waals surface area contributed by atoms with Gasteiger partial charge in [0.2, 0.25) is 0 Å². The molecule has 1 aliphatic rings. The highest BCUT2D eigenvalue weighted by atomic mass is 35.7. The van der Waals surface area contributed by atoms with Crippen LogP contribution in [0.3, 0.4) is 0 Å². The van der Waals surface area contributed by atoms with Gasteiger partial charge in [0.25, 0.3) is 15.0 Å². The highest BCUT2D eigenvalue weighted by Crippen LogP contribution is 2.62. The van der Waals surface area contributed by atoms with E-state index in [9.17, 15) is 13.2 Å². The molecule has 7 heteroatoms. The lowest BCUT2D eigenvalue weighted by Crippen LogP contribution is -2.29. The summed E-state index contributed by atoms with van der Waals surface area (Å²) in [5.41, 5.74) is 0.0761. The third-order valence-corrected chi connectivity index (χ3v) is 7.28. The van der Waals surface area contributed by atoms with Crippen molar-refractivity contribution in [3.8, 4) is 0 Å². The standard InChI is InChI=1S/C13H18ClNO3S2/c1-7-9(20(14,17)18)6-8(19-7)10(16)15-11-12(2,3)13(11,4)5/h6,11H,1-5H3,(H,15,16). The van der Waals surface area contributed by atoms with Gasteiger partial charge in [-0.3, -0.25) is 4.79 Å². The fourth-order valence-electron chi connectivity index (χ4n) is 2.58.